The van der Waals surface area contributed by atoms with Gasteiger partial charge in [0.2, 0.25) is 5.91 Å². The van der Waals surface area contributed by atoms with Gasteiger partial charge in [-0.05, 0) is 13.3 Å². The molecule has 0 radical (unpaired) electrons. The summed E-state index contributed by atoms with van der Waals surface area (Å²) >= 11 is 5.51. The molecule has 0 aliphatic rings. The van der Waals surface area contributed by atoms with Crippen molar-refractivity contribution in [3.8, 4) is 0 Å². The van der Waals surface area contributed by atoms with Gasteiger partial charge in [0.15, 0.2) is 5.82 Å². The first-order chi connectivity index (χ1) is 6.65. The summed E-state index contributed by atoms with van der Waals surface area (Å²) in [6.07, 6.45) is 1.17. The SMILES string of the molecule is Cc1cc(N(C)C(=O)CCCCl)n[nH]1. The average Bonchev–Trinajstić information content (AvgIpc) is 2.60. The Labute approximate surface area is 88.2 Å². The fourth-order valence-electron chi connectivity index (χ4n) is 1.09. The number of hydrogen-bond donors (Lipinski definition) is 1. The molecule has 1 rings (SSSR count). The Hall–Kier alpha value is -1.03. The summed E-state index contributed by atoms with van der Waals surface area (Å²) in [6.45, 7) is 1.90. The van der Waals surface area contributed by atoms with E-state index in [0.717, 1.165) is 5.69 Å². The van der Waals surface area contributed by atoms with E-state index in [4.69, 9.17) is 11.6 Å². The first-order valence-corrected chi connectivity index (χ1v) is 5.03. The lowest BCUT2D eigenvalue weighted by Gasteiger charge is -2.12. The van der Waals surface area contributed by atoms with Crippen LogP contribution in [0, 0.1) is 6.92 Å². The summed E-state index contributed by atoms with van der Waals surface area (Å²) in [6, 6.07) is 1.83. The van der Waals surface area contributed by atoms with Crippen LogP contribution in [0.2, 0.25) is 0 Å². The van der Waals surface area contributed by atoms with E-state index < -0.39 is 0 Å². The number of rotatable bonds is 4. The summed E-state index contributed by atoms with van der Waals surface area (Å²) in [7, 11) is 1.71. The number of H-pyrrole nitrogens is 1. The second-order valence-corrected chi connectivity index (χ2v) is 3.53. The smallest absolute Gasteiger partial charge is 0.227 e. The Bertz CT molecular complexity index is 311. The molecule has 0 aliphatic heterocycles. The number of aromatic nitrogens is 2. The summed E-state index contributed by atoms with van der Waals surface area (Å²) in [5, 5.41) is 6.78. The largest absolute Gasteiger partial charge is 0.298 e. The summed E-state index contributed by atoms with van der Waals surface area (Å²) < 4.78 is 0. The molecule has 0 unspecified atom stereocenters. The van der Waals surface area contributed by atoms with Crippen LogP contribution in [-0.2, 0) is 4.79 Å². The van der Waals surface area contributed by atoms with Crippen LogP contribution in [-0.4, -0.2) is 29.0 Å². The number of halogens is 1. The Kier molecular flexibility index (Phi) is 3.95. The topological polar surface area (TPSA) is 49.0 Å². The van der Waals surface area contributed by atoms with Crippen LogP contribution in [0.25, 0.3) is 0 Å². The Morgan fingerprint density at radius 1 is 1.71 bits per heavy atom. The van der Waals surface area contributed by atoms with Gasteiger partial charge in [0.25, 0.3) is 0 Å². The highest BCUT2D eigenvalue weighted by Crippen LogP contribution is 2.11. The number of aromatic amines is 1. The first kappa shape index (κ1) is 11.0. The average molecular weight is 216 g/mol. The van der Waals surface area contributed by atoms with Crippen molar-refractivity contribution in [1.29, 1.82) is 0 Å². The molecule has 0 aromatic carbocycles. The van der Waals surface area contributed by atoms with Crippen LogP contribution in [0.1, 0.15) is 18.5 Å². The van der Waals surface area contributed by atoms with Gasteiger partial charge in [-0.15, -0.1) is 11.6 Å². The fraction of sp³-hybridized carbons (Fsp3) is 0.556. The van der Waals surface area contributed by atoms with Gasteiger partial charge < -0.3 is 0 Å². The van der Waals surface area contributed by atoms with Crippen LogP contribution in [0.4, 0.5) is 5.82 Å². The van der Waals surface area contributed by atoms with Crippen molar-refractivity contribution in [3.63, 3.8) is 0 Å². The van der Waals surface area contributed by atoms with Crippen LogP contribution in [0.3, 0.4) is 0 Å². The number of carbonyl (C=O) groups excluding carboxylic acids is 1. The predicted molar refractivity (Wildman–Crippen MR) is 56.7 cm³/mol. The lowest BCUT2D eigenvalue weighted by Crippen LogP contribution is -2.26. The number of nitrogens with zero attached hydrogens (tertiary/aromatic N) is 2. The molecule has 4 nitrogen and oxygen atoms in total. The van der Waals surface area contributed by atoms with E-state index in [2.05, 4.69) is 10.2 Å². The highest BCUT2D eigenvalue weighted by molar-refractivity contribution is 6.18. The molecule has 0 saturated carbocycles. The second kappa shape index (κ2) is 5.00. The van der Waals surface area contributed by atoms with Crippen LogP contribution in [0.15, 0.2) is 6.07 Å². The van der Waals surface area contributed by atoms with Gasteiger partial charge in [-0.2, -0.15) is 5.10 Å². The zero-order valence-electron chi connectivity index (χ0n) is 8.38. The zero-order valence-corrected chi connectivity index (χ0v) is 9.14. The number of carbonyl (C=O) groups is 1. The highest BCUT2D eigenvalue weighted by Gasteiger charge is 2.12. The fourth-order valence-corrected chi connectivity index (χ4v) is 1.22. The van der Waals surface area contributed by atoms with Crippen molar-refractivity contribution >= 4 is 23.3 Å². The summed E-state index contributed by atoms with van der Waals surface area (Å²) in [5.74, 6) is 1.21. The molecule has 5 heteroatoms. The van der Waals surface area contributed by atoms with Crippen LogP contribution >= 0.6 is 11.6 Å². The predicted octanol–water partition coefficient (Wildman–Crippen LogP) is 1.70. The molecule has 14 heavy (non-hydrogen) atoms. The maximum absolute atomic E-state index is 11.5. The molecule has 1 aromatic heterocycles. The molecule has 0 bridgehead atoms. The van der Waals surface area contributed by atoms with Gasteiger partial charge >= 0.3 is 0 Å². The number of nitrogens with one attached hydrogen (secondary N) is 1. The normalized spacial score (nSPS) is 10.2. The van der Waals surface area contributed by atoms with E-state index in [1.165, 1.54) is 4.90 Å². The van der Waals surface area contributed by atoms with Crippen molar-refractivity contribution in [1.82, 2.24) is 10.2 Å². The number of amides is 1. The summed E-state index contributed by atoms with van der Waals surface area (Å²) in [4.78, 5) is 13.1. The van der Waals surface area contributed by atoms with Gasteiger partial charge in [0, 0.05) is 31.1 Å². The third-order valence-corrected chi connectivity index (χ3v) is 2.20. The Balaban J connectivity index is 2.56. The van der Waals surface area contributed by atoms with Gasteiger partial charge in [-0.1, -0.05) is 0 Å². The van der Waals surface area contributed by atoms with Gasteiger partial charge in [-0.3, -0.25) is 14.8 Å². The molecule has 1 amide bonds. The minimum Gasteiger partial charge on any atom is -0.298 e. The third-order valence-electron chi connectivity index (χ3n) is 1.93. The molecule has 1 aromatic rings. The maximum atomic E-state index is 11.5. The van der Waals surface area contributed by atoms with E-state index >= 15 is 0 Å². The lowest BCUT2D eigenvalue weighted by molar-refractivity contribution is -0.118. The van der Waals surface area contributed by atoms with E-state index in [1.54, 1.807) is 7.05 Å². The standard InChI is InChI=1S/C9H14ClN3O/c1-7-6-8(12-11-7)13(2)9(14)4-3-5-10/h6H,3-5H2,1-2H3,(H,11,12). The molecular formula is C9H14ClN3O. The molecular weight excluding hydrogens is 202 g/mol. The molecule has 1 heterocycles. The molecule has 0 aliphatic carbocycles. The molecule has 0 fully saturated rings. The molecule has 0 atom stereocenters. The van der Waals surface area contributed by atoms with Crippen molar-refractivity contribution in [3.05, 3.63) is 11.8 Å². The number of hydrogen-bond acceptors (Lipinski definition) is 2. The Morgan fingerprint density at radius 2 is 2.43 bits per heavy atom. The number of anilines is 1. The van der Waals surface area contributed by atoms with E-state index in [0.29, 0.717) is 24.5 Å². The minimum absolute atomic E-state index is 0.0390. The monoisotopic (exact) mass is 215 g/mol. The molecule has 0 saturated heterocycles. The van der Waals surface area contributed by atoms with Crippen molar-refractivity contribution in [2.24, 2.45) is 0 Å². The third kappa shape index (κ3) is 2.73. The number of alkyl halides is 1. The highest BCUT2D eigenvalue weighted by atomic mass is 35.5. The quantitative estimate of drug-likeness (QED) is 0.778. The zero-order chi connectivity index (χ0) is 10.6. The minimum atomic E-state index is 0.0390. The van der Waals surface area contributed by atoms with Gasteiger partial charge in [-0.25, -0.2) is 0 Å². The van der Waals surface area contributed by atoms with E-state index in [1.807, 2.05) is 13.0 Å². The van der Waals surface area contributed by atoms with Crippen molar-refractivity contribution in [2.45, 2.75) is 19.8 Å². The summed E-state index contributed by atoms with van der Waals surface area (Å²) in [5.41, 5.74) is 0.942. The van der Waals surface area contributed by atoms with Crippen LogP contribution < -0.4 is 4.90 Å². The van der Waals surface area contributed by atoms with Crippen LogP contribution in [0.5, 0.6) is 0 Å². The molecule has 1 N–H and O–H groups in total. The van der Waals surface area contributed by atoms with Gasteiger partial charge in [0.05, 0.1) is 0 Å². The maximum Gasteiger partial charge on any atom is 0.227 e. The lowest BCUT2D eigenvalue weighted by atomic mass is 10.3. The molecule has 78 valence electrons. The molecule has 0 spiro atoms. The number of aryl methyl sites for hydroxylation is 1. The Morgan fingerprint density at radius 3 is 2.93 bits per heavy atom. The van der Waals surface area contributed by atoms with E-state index in [9.17, 15) is 4.79 Å². The second-order valence-electron chi connectivity index (χ2n) is 3.15. The van der Waals surface area contributed by atoms with Gasteiger partial charge in [0.1, 0.15) is 0 Å². The van der Waals surface area contributed by atoms with Crippen molar-refractivity contribution < 1.29 is 4.79 Å². The van der Waals surface area contributed by atoms with Crippen molar-refractivity contribution in [2.75, 3.05) is 17.8 Å². The first-order valence-electron chi connectivity index (χ1n) is 4.49. The van der Waals surface area contributed by atoms with E-state index in [-0.39, 0.29) is 5.91 Å².